The molecule has 1 fully saturated rings. The maximum absolute atomic E-state index is 6.01. The van der Waals surface area contributed by atoms with Gasteiger partial charge < -0.3 is 14.8 Å². The Bertz CT molecular complexity index is 741. The van der Waals surface area contributed by atoms with Gasteiger partial charge in [-0.05, 0) is 68.1 Å². The minimum atomic E-state index is 0.623. The molecule has 1 N–H and O–H groups in total. The summed E-state index contributed by atoms with van der Waals surface area (Å²) in [5.74, 6) is 0.950. The van der Waals surface area contributed by atoms with Gasteiger partial charge in [-0.25, -0.2) is 0 Å². The molecule has 0 atom stereocenters. The summed E-state index contributed by atoms with van der Waals surface area (Å²) < 4.78 is 11.5. The second-order valence-electron chi connectivity index (χ2n) is 7.78. The smallest absolute Gasteiger partial charge is 0.119 e. The summed E-state index contributed by atoms with van der Waals surface area (Å²) in [5, 5.41) is 3.55. The molecule has 152 valence electrons. The first-order chi connectivity index (χ1) is 13.6. The maximum Gasteiger partial charge on any atom is 0.119 e. The molecule has 4 heteroatoms. The zero-order chi connectivity index (χ0) is 19.8. The monoisotopic (exact) mass is 382 g/mol. The molecule has 28 heavy (non-hydrogen) atoms. The second kappa shape index (κ2) is 10.6. The van der Waals surface area contributed by atoms with Crippen LogP contribution in [-0.4, -0.2) is 44.4 Å². The molecule has 1 aliphatic rings. The minimum absolute atomic E-state index is 0.623. The Morgan fingerprint density at radius 3 is 2.68 bits per heavy atom. The van der Waals surface area contributed by atoms with Crippen molar-refractivity contribution in [2.75, 3.05) is 33.4 Å². The molecule has 1 saturated heterocycles. The topological polar surface area (TPSA) is 33.7 Å². The molecule has 0 unspecified atom stereocenters. The number of aryl methyl sites for hydroxylation is 1. The fourth-order valence-corrected chi connectivity index (χ4v) is 3.71. The highest BCUT2D eigenvalue weighted by Gasteiger charge is 2.17. The number of ether oxygens (including phenoxy) is 2. The molecule has 0 amide bonds. The van der Waals surface area contributed by atoms with Crippen LogP contribution >= 0.6 is 0 Å². The molecular weight excluding hydrogens is 348 g/mol. The van der Waals surface area contributed by atoms with Crippen molar-refractivity contribution >= 4 is 0 Å². The van der Waals surface area contributed by atoms with Gasteiger partial charge in [0.25, 0.3) is 0 Å². The number of benzene rings is 2. The SMILES string of the molecule is Cc1cccc(CNCc2cccc(OCCN(C)C3CCOCC3)c2)c1C. The third-order valence-corrected chi connectivity index (χ3v) is 5.79. The van der Waals surface area contributed by atoms with Gasteiger partial charge in [0.2, 0.25) is 0 Å². The molecule has 3 rings (SSSR count). The lowest BCUT2D eigenvalue weighted by molar-refractivity contribution is 0.0392. The van der Waals surface area contributed by atoms with Gasteiger partial charge >= 0.3 is 0 Å². The normalized spacial score (nSPS) is 15.1. The fraction of sp³-hybridized carbons (Fsp3) is 0.500. The summed E-state index contributed by atoms with van der Waals surface area (Å²) in [6.07, 6.45) is 2.25. The molecule has 4 nitrogen and oxygen atoms in total. The number of nitrogens with zero attached hydrogens (tertiary/aromatic N) is 1. The Balaban J connectivity index is 1.42. The van der Waals surface area contributed by atoms with Crippen LogP contribution in [-0.2, 0) is 17.8 Å². The second-order valence-corrected chi connectivity index (χ2v) is 7.78. The van der Waals surface area contributed by atoms with Crippen LogP contribution < -0.4 is 10.1 Å². The lowest BCUT2D eigenvalue weighted by atomic mass is 10.0. The van der Waals surface area contributed by atoms with Crippen LogP contribution in [0.5, 0.6) is 5.75 Å². The minimum Gasteiger partial charge on any atom is -0.492 e. The van der Waals surface area contributed by atoms with E-state index in [2.05, 4.69) is 67.5 Å². The van der Waals surface area contributed by atoms with Crippen LogP contribution in [0.2, 0.25) is 0 Å². The van der Waals surface area contributed by atoms with E-state index >= 15 is 0 Å². The van der Waals surface area contributed by atoms with Gasteiger partial charge in [-0.15, -0.1) is 0 Å². The first-order valence-corrected chi connectivity index (χ1v) is 10.4. The zero-order valence-electron chi connectivity index (χ0n) is 17.5. The average Bonchev–Trinajstić information content (AvgIpc) is 2.72. The van der Waals surface area contributed by atoms with Gasteiger partial charge in [0.1, 0.15) is 12.4 Å². The van der Waals surface area contributed by atoms with Gasteiger partial charge in [0.15, 0.2) is 0 Å². The summed E-state index contributed by atoms with van der Waals surface area (Å²) in [6, 6.07) is 15.5. The first-order valence-electron chi connectivity index (χ1n) is 10.4. The van der Waals surface area contributed by atoms with E-state index in [0.717, 1.165) is 51.4 Å². The first kappa shape index (κ1) is 20.8. The van der Waals surface area contributed by atoms with Crippen molar-refractivity contribution in [3.63, 3.8) is 0 Å². The Kier molecular flexibility index (Phi) is 7.90. The zero-order valence-corrected chi connectivity index (χ0v) is 17.5. The molecule has 0 bridgehead atoms. The van der Waals surface area contributed by atoms with Crippen LogP contribution in [0.1, 0.15) is 35.1 Å². The summed E-state index contributed by atoms with van der Waals surface area (Å²) in [6.45, 7) is 9.51. The largest absolute Gasteiger partial charge is 0.492 e. The Morgan fingerprint density at radius 1 is 1.07 bits per heavy atom. The summed E-state index contributed by atoms with van der Waals surface area (Å²) in [4.78, 5) is 2.40. The Morgan fingerprint density at radius 2 is 1.86 bits per heavy atom. The van der Waals surface area contributed by atoms with Crippen molar-refractivity contribution in [3.8, 4) is 5.75 Å². The third-order valence-electron chi connectivity index (χ3n) is 5.79. The maximum atomic E-state index is 6.01. The predicted octanol–water partition coefficient (Wildman–Crippen LogP) is 4.08. The number of hydrogen-bond acceptors (Lipinski definition) is 4. The lowest BCUT2D eigenvalue weighted by Crippen LogP contribution is -2.38. The molecule has 0 radical (unpaired) electrons. The van der Waals surface area contributed by atoms with Gasteiger partial charge in [0.05, 0.1) is 0 Å². The van der Waals surface area contributed by atoms with Crippen molar-refractivity contribution in [2.45, 2.75) is 45.8 Å². The molecule has 0 spiro atoms. The van der Waals surface area contributed by atoms with Gasteiger partial charge in [-0.1, -0.05) is 30.3 Å². The van der Waals surface area contributed by atoms with Crippen LogP contribution in [0.25, 0.3) is 0 Å². The fourth-order valence-electron chi connectivity index (χ4n) is 3.71. The van der Waals surface area contributed by atoms with Crippen molar-refractivity contribution in [3.05, 3.63) is 64.7 Å². The number of rotatable bonds is 9. The van der Waals surface area contributed by atoms with Crippen LogP contribution in [0.15, 0.2) is 42.5 Å². The van der Waals surface area contributed by atoms with Crippen LogP contribution in [0.3, 0.4) is 0 Å². The Labute approximate surface area is 169 Å². The molecule has 2 aromatic rings. The highest BCUT2D eigenvalue weighted by Crippen LogP contribution is 2.16. The van der Waals surface area contributed by atoms with E-state index in [0.29, 0.717) is 12.6 Å². The van der Waals surface area contributed by atoms with Gasteiger partial charge in [-0.2, -0.15) is 0 Å². The van der Waals surface area contributed by atoms with Crippen molar-refractivity contribution in [1.82, 2.24) is 10.2 Å². The predicted molar refractivity (Wildman–Crippen MR) is 115 cm³/mol. The van der Waals surface area contributed by atoms with Crippen LogP contribution in [0, 0.1) is 13.8 Å². The molecule has 0 saturated carbocycles. The highest BCUT2D eigenvalue weighted by molar-refractivity contribution is 5.33. The highest BCUT2D eigenvalue weighted by atomic mass is 16.5. The number of likely N-dealkylation sites (N-methyl/N-ethyl adjacent to an activating group) is 1. The molecule has 0 aliphatic carbocycles. The van der Waals surface area contributed by atoms with E-state index in [4.69, 9.17) is 9.47 Å². The Hall–Kier alpha value is -1.88. The lowest BCUT2D eigenvalue weighted by Gasteiger charge is -2.31. The standard InChI is InChI=1S/C24H34N2O2/c1-19-6-4-8-22(20(19)2)18-25-17-21-7-5-9-24(16-21)28-15-12-26(3)23-10-13-27-14-11-23/h4-9,16,23,25H,10-15,17-18H2,1-3H3. The summed E-state index contributed by atoms with van der Waals surface area (Å²) in [5.41, 5.74) is 5.34. The van der Waals surface area contributed by atoms with Crippen LogP contribution in [0.4, 0.5) is 0 Å². The van der Waals surface area contributed by atoms with Crippen molar-refractivity contribution in [2.24, 2.45) is 0 Å². The van der Waals surface area contributed by atoms with Gasteiger partial charge in [0, 0.05) is 38.9 Å². The van der Waals surface area contributed by atoms with E-state index in [-0.39, 0.29) is 0 Å². The average molecular weight is 383 g/mol. The van der Waals surface area contributed by atoms with E-state index in [1.165, 1.54) is 22.3 Å². The van der Waals surface area contributed by atoms with E-state index in [9.17, 15) is 0 Å². The van der Waals surface area contributed by atoms with E-state index < -0.39 is 0 Å². The molecule has 1 aliphatic heterocycles. The quantitative estimate of drug-likeness (QED) is 0.708. The van der Waals surface area contributed by atoms with Gasteiger partial charge in [-0.3, -0.25) is 4.90 Å². The molecule has 2 aromatic carbocycles. The number of nitrogens with one attached hydrogen (secondary N) is 1. The summed E-state index contributed by atoms with van der Waals surface area (Å²) in [7, 11) is 2.19. The van der Waals surface area contributed by atoms with E-state index in [1.807, 2.05) is 6.07 Å². The summed E-state index contributed by atoms with van der Waals surface area (Å²) >= 11 is 0. The number of hydrogen-bond donors (Lipinski definition) is 1. The van der Waals surface area contributed by atoms with Crippen molar-refractivity contribution < 1.29 is 9.47 Å². The third kappa shape index (κ3) is 6.06. The molecule has 1 heterocycles. The molecule has 0 aromatic heterocycles. The van der Waals surface area contributed by atoms with Crippen molar-refractivity contribution in [1.29, 1.82) is 0 Å². The molecular formula is C24H34N2O2. The van der Waals surface area contributed by atoms with E-state index in [1.54, 1.807) is 0 Å².